The molecule has 0 aliphatic carbocycles. The van der Waals surface area contributed by atoms with Crippen LogP contribution in [0.1, 0.15) is 22.0 Å². The molecule has 0 radical (unpaired) electrons. The summed E-state index contributed by atoms with van der Waals surface area (Å²) in [4.78, 5) is 5.52. The number of thiophene rings is 1. The second kappa shape index (κ2) is 4.55. The van der Waals surface area contributed by atoms with E-state index in [0.717, 1.165) is 0 Å². The van der Waals surface area contributed by atoms with Crippen molar-refractivity contribution >= 4 is 11.3 Å². The van der Waals surface area contributed by atoms with Crippen molar-refractivity contribution in [2.45, 2.75) is 13.0 Å². The van der Waals surface area contributed by atoms with Gasteiger partial charge in [0.2, 0.25) is 0 Å². The van der Waals surface area contributed by atoms with E-state index in [1.165, 1.54) is 16.0 Å². The van der Waals surface area contributed by atoms with Gasteiger partial charge in [-0.1, -0.05) is 6.07 Å². The minimum absolute atomic E-state index is 0.255. The third-order valence-corrected chi connectivity index (χ3v) is 3.38. The Hall–Kier alpha value is -1.19. The highest BCUT2D eigenvalue weighted by molar-refractivity contribution is 7.10. The number of aryl methyl sites for hydroxylation is 1. The average molecular weight is 218 g/mol. The van der Waals surface area contributed by atoms with Crippen molar-refractivity contribution in [3.63, 3.8) is 0 Å². The van der Waals surface area contributed by atoms with Crippen LogP contribution in [0.4, 0.5) is 0 Å². The molecule has 15 heavy (non-hydrogen) atoms. The number of hydrogen-bond donors (Lipinski definition) is 1. The van der Waals surface area contributed by atoms with E-state index in [-0.39, 0.29) is 6.04 Å². The molecule has 1 N–H and O–H groups in total. The second-order valence-electron chi connectivity index (χ2n) is 3.44. The van der Waals surface area contributed by atoms with Crippen LogP contribution in [0.5, 0.6) is 0 Å². The number of pyridine rings is 1. The lowest BCUT2D eigenvalue weighted by Gasteiger charge is -2.16. The van der Waals surface area contributed by atoms with Gasteiger partial charge in [-0.05, 0) is 42.6 Å². The molecule has 0 aliphatic heterocycles. The summed E-state index contributed by atoms with van der Waals surface area (Å²) in [6.45, 7) is 2.15. The predicted octanol–water partition coefficient (Wildman–Crippen LogP) is 2.76. The molecule has 0 saturated carbocycles. The Morgan fingerprint density at radius 2 is 2.27 bits per heavy atom. The van der Waals surface area contributed by atoms with Gasteiger partial charge in [-0.15, -0.1) is 11.3 Å². The van der Waals surface area contributed by atoms with Crippen LogP contribution in [0.3, 0.4) is 0 Å². The van der Waals surface area contributed by atoms with Gasteiger partial charge in [-0.2, -0.15) is 0 Å². The molecule has 2 aromatic rings. The standard InChI is InChI=1S/C12H14N2S/c1-9-11(5-7-15-9)12(13-2)10-4-3-6-14-8-10/h3-8,12-13H,1-2H3. The first kappa shape index (κ1) is 10.3. The third kappa shape index (κ3) is 2.08. The molecule has 2 rings (SSSR count). The first-order valence-electron chi connectivity index (χ1n) is 4.94. The van der Waals surface area contributed by atoms with E-state index >= 15 is 0 Å². The quantitative estimate of drug-likeness (QED) is 0.857. The second-order valence-corrected chi connectivity index (χ2v) is 4.56. The summed E-state index contributed by atoms with van der Waals surface area (Å²) in [5.41, 5.74) is 2.55. The molecule has 1 atom stereocenters. The van der Waals surface area contributed by atoms with Crippen molar-refractivity contribution in [2.24, 2.45) is 0 Å². The van der Waals surface area contributed by atoms with E-state index in [1.807, 2.05) is 19.3 Å². The Morgan fingerprint density at radius 1 is 1.40 bits per heavy atom. The van der Waals surface area contributed by atoms with E-state index in [1.54, 1.807) is 17.5 Å². The molecule has 3 heteroatoms. The number of aromatic nitrogens is 1. The molecular formula is C12H14N2S. The van der Waals surface area contributed by atoms with E-state index in [4.69, 9.17) is 0 Å². The van der Waals surface area contributed by atoms with Crippen molar-refractivity contribution in [1.82, 2.24) is 10.3 Å². The van der Waals surface area contributed by atoms with Crippen molar-refractivity contribution in [3.8, 4) is 0 Å². The lowest BCUT2D eigenvalue weighted by molar-refractivity contribution is 0.688. The molecule has 0 aliphatic rings. The highest BCUT2D eigenvalue weighted by Crippen LogP contribution is 2.27. The molecule has 0 amide bonds. The van der Waals surface area contributed by atoms with Crippen LogP contribution in [0.2, 0.25) is 0 Å². The smallest absolute Gasteiger partial charge is 0.0600 e. The molecule has 0 spiro atoms. The normalized spacial score (nSPS) is 12.7. The number of rotatable bonds is 3. The first-order chi connectivity index (χ1) is 7.33. The summed E-state index contributed by atoms with van der Waals surface area (Å²) in [7, 11) is 1.98. The van der Waals surface area contributed by atoms with E-state index in [9.17, 15) is 0 Å². The maximum absolute atomic E-state index is 4.16. The maximum Gasteiger partial charge on any atom is 0.0600 e. The van der Waals surface area contributed by atoms with Crippen molar-refractivity contribution in [1.29, 1.82) is 0 Å². The van der Waals surface area contributed by atoms with Gasteiger partial charge < -0.3 is 5.32 Å². The maximum atomic E-state index is 4.16. The zero-order valence-electron chi connectivity index (χ0n) is 8.90. The molecule has 2 aromatic heterocycles. The number of hydrogen-bond acceptors (Lipinski definition) is 3. The fraction of sp³-hybridized carbons (Fsp3) is 0.250. The highest BCUT2D eigenvalue weighted by atomic mass is 32.1. The Balaban J connectivity index is 2.37. The summed E-state index contributed by atoms with van der Waals surface area (Å²) in [6, 6.07) is 6.51. The molecule has 0 bridgehead atoms. The van der Waals surface area contributed by atoms with Crippen LogP contribution >= 0.6 is 11.3 Å². The Kier molecular flexibility index (Phi) is 3.14. The predicted molar refractivity (Wildman–Crippen MR) is 64.2 cm³/mol. The van der Waals surface area contributed by atoms with Crippen molar-refractivity contribution in [2.75, 3.05) is 7.05 Å². The van der Waals surface area contributed by atoms with E-state index < -0.39 is 0 Å². The van der Waals surface area contributed by atoms with Crippen LogP contribution in [0.15, 0.2) is 36.0 Å². The highest BCUT2D eigenvalue weighted by Gasteiger charge is 2.14. The zero-order chi connectivity index (χ0) is 10.7. The van der Waals surface area contributed by atoms with Crippen LogP contribution in [-0.2, 0) is 0 Å². The van der Waals surface area contributed by atoms with Crippen molar-refractivity contribution in [3.05, 3.63) is 52.0 Å². The molecular weight excluding hydrogens is 204 g/mol. The topological polar surface area (TPSA) is 24.9 Å². The van der Waals surface area contributed by atoms with Gasteiger partial charge >= 0.3 is 0 Å². The van der Waals surface area contributed by atoms with Gasteiger partial charge in [0.25, 0.3) is 0 Å². The molecule has 0 aromatic carbocycles. The molecule has 78 valence electrons. The number of nitrogens with one attached hydrogen (secondary N) is 1. The van der Waals surface area contributed by atoms with Gasteiger partial charge in [0, 0.05) is 17.3 Å². The zero-order valence-corrected chi connectivity index (χ0v) is 9.71. The van der Waals surface area contributed by atoms with Gasteiger partial charge in [0.05, 0.1) is 6.04 Å². The molecule has 1 unspecified atom stereocenters. The first-order valence-corrected chi connectivity index (χ1v) is 5.82. The van der Waals surface area contributed by atoms with E-state index in [0.29, 0.717) is 0 Å². The Morgan fingerprint density at radius 3 is 2.80 bits per heavy atom. The SMILES string of the molecule is CNC(c1cccnc1)c1ccsc1C. The lowest BCUT2D eigenvalue weighted by Crippen LogP contribution is -2.17. The molecule has 0 fully saturated rings. The third-order valence-electron chi connectivity index (χ3n) is 2.52. The Labute approximate surface area is 94.0 Å². The van der Waals surface area contributed by atoms with Gasteiger partial charge in [0.1, 0.15) is 0 Å². The summed E-state index contributed by atoms with van der Waals surface area (Å²) < 4.78 is 0. The monoisotopic (exact) mass is 218 g/mol. The fourth-order valence-corrected chi connectivity index (χ4v) is 2.48. The molecule has 2 heterocycles. The number of nitrogens with zero attached hydrogens (tertiary/aromatic N) is 1. The summed E-state index contributed by atoms with van der Waals surface area (Å²) in [6.07, 6.45) is 3.72. The molecule has 2 nitrogen and oxygen atoms in total. The van der Waals surface area contributed by atoms with Crippen LogP contribution in [0, 0.1) is 6.92 Å². The summed E-state index contributed by atoms with van der Waals surface area (Å²) in [5, 5.41) is 5.46. The van der Waals surface area contributed by atoms with Crippen molar-refractivity contribution < 1.29 is 0 Å². The Bertz CT molecular complexity index is 422. The van der Waals surface area contributed by atoms with Gasteiger partial charge in [0.15, 0.2) is 0 Å². The summed E-state index contributed by atoms with van der Waals surface area (Å²) >= 11 is 1.78. The fourth-order valence-electron chi connectivity index (χ4n) is 1.74. The van der Waals surface area contributed by atoms with Crippen LogP contribution in [-0.4, -0.2) is 12.0 Å². The lowest BCUT2D eigenvalue weighted by atomic mass is 10.0. The average Bonchev–Trinajstić information content (AvgIpc) is 2.68. The van der Waals surface area contributed by atoms with Crippen LogP contribution < -0.4 is 5.32 Å². The van der Waals surface area contributed by atoms with E-state index in [2.05, 4.69) is 34.7 Å². The largest absolute Gasteiger partial charge is 0.309 e. The van der Waals surface area contributed by atoms with Crippen LogP contribution in [0.25, 0.3) is 0 Å². The van der Waals surface area contributed by atoms with Gasteiger partial charge in [-0.25, -0.2) is 0 Å². The minimum Gasteiger partial charge on any atom is -0.309 e. The van der Waals surface area contributed by atoms with Gasteiger partial charge in [-0.3, -0.25) is 4.98 Å². The minimum atomic E-state index is 0.255. The summed E-state index contributed by atoms with van der Waals surface area (Å²) in [5.74, 6) is 0. The molecule has 0 saturated heterocycles.